The van der Waals surface area contributed by atoms with Crippen molar-refractivity contribution in [1.82, 2.24) is 4.90 Å². The molecule has 0 bridgehead atoms. The standard InChI is InChI=1S/C14H17NO4/c1-10-9-19-8-7-15(10)13(16)11-3-5-12(6-4-11)14(17)18-2/h3-6,10H,7-9H2,1-2H3/t10-/m0/s1. The highest BCUT2D eigenvalue weighted by atomic mass is 16.5. The number of nitrogens with zero attached hydrogens (tertiary/aromatic N) is 1. The summed E-state index contributed by atoms with van der Waals surface area (Å²) < 4.78 is 9.93. The maximum atomic E-state index is 12.3. The first-order valence-corrected chi connectivity index (χ1v) is 6.20. The summed E-state index contributed by atoms with van der Waals surface area (Å²) in [4.78, 5) is 25.4. The summed E-state index contributed by atoms with van der Waals surface area (Å²) in [7, 11) is 1.33. The number of benzene rings is 1. The highest BCUT2D eigenvalue weighted by Gasteiger charge is 2.24. The predicted molar refractivity (Wildman–Crippen MR) is 69.1 cm³/mol. The van der Waals surface area contributed by atoms with Crippen LogP contribution in [0.1, 0.15) is 27.6 Å². The molecule has 1 heterocycles. The quantitative estimate of drug-likeness (QED) is 0.755. The van der Waals surface area contributed by atoms with Gasteiger partial charge in [0.25, 0.3) is 5.91 Å². The van der Waals surface area contributed by atoms with E-state index in [0.29, 0.717) is 30.9 Å². The van der Waals surface area contributed by atoms with E-state index < -0.39 is 5.97 Å². The lowest BCUT2D eigenvalue weighted by Crippen LogP contribution is -2.47. The van der Waals surface area contributed by atoms with Gasteiger partial charge in [-0.15, -0.1) is 0 Å². The van der Waals surface area contributed by atoms with Crippen LogP contribution >= 0.6 is 0 Å². The van der Waals surface area contributed by atoms with Crippen LogP contribution in [0.5, 0.6) is 0 Å². The fourth-order valence-corrected chi connectivity index (χ4v) is 2.06. The third kappa shape index (κ3) is 2.93. The number of ether oxygens (including phenoxy) is 2. The molecule has 5 nitrogen and oxygen atoms in total. The van der Waals surface area contributed by atoms with Crippen LogP contribution in [0.25, 0.3) is 0 Å². The summed E-state index contributed by atoms with van der Waals surface area (Å²) in [6.07, 6.45) is 0. The summed E-state index contributed by atoms with van der Waals surface area (Å²) in [5, 5.41) is 0. The van der Waals surface area contributed by atoms with Crippen LogP contribution in [-0.4, -0.2) is 49.7 Å². The predicted octanol–water partition coefficient (Wildman–Crippen LogP) is 1.33. The fourth-order valence-electron chi connectivity index (χ4n) is 2.06. The van der Waals surface area contributed by atoms with Gasteiger partial charge in [0.05, 0.1) is 31.9 Å². The van der Waals surface area contributed by atoms with Crippen LogP contribution in [0.15, 0.2) is 24.3 Å². The highest BCUT2D eigenvalue weighted by molar-refractivity contribution is 5.96. The molecule has 0 aromatic heterocycles. The van der Waals surface area contributed by atoms with Crippen molar-refractivity contribution in [2.24, 2.45) is 0 Å². The third-order valence-corrected chi connectivity index (χ3v) is 3.18. The van der Waals surface area contributed by atoms with Crippen molar-refractivity contribution in [2.45, 2.75) is 13.0 Å². The number of rotatable bonds is 2. The molecular weight excluding hydrogens is 246 g/mol. The Morgan fingerprint density at radius 3 is 2.47 bits per heavy atom. The molecule has 19 heavy (non-hydrogen) atoms. The Hall–Kier alpha value is -1.88. The van der Waals surface area contributed by atoms with Crippen LogP contribution in [0, 0.1) is 0 Å². The Morgan fingerprint density at radius 2 is 1.89 bits per heavy atom. The van der Waals surface area contributed by atoms with E-state index in [2.05, 4.69) is 4.74 Å². The molecule has 1 atom stereocenters. The van der Waals surface area contributed by atoms with E-state index in [0.717, 1.165) is 0 Å². The number of carbonyl (C=O) groups excluding carboxylic acids is 2. The van der Waals surface area contributed by atoms with Gasteiger partial charge in [-0.2, -0.15) is 0 Å². The van der Waals surface area contributed by atoms with Crippen molar-refractivity contribution < 1.29 is 19.1 Å². The molecule has 1 aliphatic rings. The van der Waals surface area contributed by atoms with Gasteiger partial charge in [0.1, 0.15) is 0 Å². The zero-order chi connectivity index (χ0) is 13.8. The van der Waals surface area contributed by atoms with E-state index in [9.17, 15) is 9.59 Å². The number of amides is 1. The summed E-state index contributed by atoms with van der Waals surface area (Å²) in [5.74, 6) is -0.439. The van der Waals surface area contributed by atoms with Gasteiger partial charge < -0.3 is 14.4 Å². The van der Waals surface area contributed by atoms with Gasteiger partial charge in [0, 0.05) is 12.1 Å². The molecule has 0 aliphatic carbocycles. The lowest BCUT2D eigenvalue weighted by Gasteiger charge is -2.33. The molecule has 1 amide bonds. The number of carbonyl (C=O) groups is 2. The summed E-state index contributed by atoms with van der Waals surface area (Å²) in [6.45, 7) is 3.68. The average molecular weight is 263 g/mol. The number of methoxy groups -OCH3 is 1. The molecule has 1 fully saturated rings. The molecule has 0 saturated carbocycles. The minimum absolute atomic E-state index is 0.0350. The molecule has 1 aromatic carbocycles. The molecule has 5 heteroatoms. The Morgan fingerprint density at radius 1 is 1.26 bits per heavy atom. The van der Waals surface area contributed by atoms with E-state index in [1.807, 2.05) is 6.92 Å². The van der Waals surface area contributed by atoms with Gasteiger partial charge in [-0.25, -0.2) is 4.79 Å². The zero-order valence-electron chi connectivity index (χ0n) is 11.1. The zero-order valence-corrected chi connectivity index (χ0v) is 11.1. The molecule has 102 valence electrons. The van der Waals surface area contributed by atoms with E-state index in [1.54, 1.807) is 29.2 Å². The number of hydrogen-bond acceptors (Lipinski definition) is 4. The Labute approximate surface area is 112 Å². The monoisotopic (exact) mass is 263 g/mol. The minimum atomic E-state index is -0.404. The van der Waals surface area contributed by atoms with E-state index >= 15 is 0 Å². The van der Waals surface area contributed by atoms with Crippen molar-refractivity contribution in [3.63, 3.8) is 0 Å². The second-order valence-electron chi connectivity index (χ2n) is 4.49. The van der Waals surface area contributed by atoms with Crippen molar-refractivity contribution in [3.05, 3.63) is 35.4 Å². The Bertz CT molecular complexity index is 469. The second kappa shape index (κ2) is 5.84. The molecule has 0 unspecified atom stereocenters. The lowest BCUT2D eigenvalue weighted by molar-refractivity contribution is 0.00358. The van der Waals surface area contributed by atoms with Gasteiger partial charge in [-0.05, 0) is 31.2 Å². The SMILES string of the molecule is COC(=O)c1ccc(C(=O)N2CCOC[C@@H]2C)cc1. The minimum Gasteiger partial charge on any atom is -0.465 e. The third-order valence-electron chi connectivity index (χ3n) is 3.18. The summed E-state index contributed by atoms with van der Waals surface area (Å²) in [6, 6.07) is 6.57. The second-order valence-corrected chi connectivity index (χ2v) is 4.49. The van der Waals surface area contributed by atoms with Crippen LogP contribution in [-0.2, 0) is 9.47 Å². The van der Waals surface area contributed by atoms with Crippen LogP contribution in [0.2, 0.25) is 0 Å². The van der Waals surface area contributed by atoms with Gasteiger partial charge in [-0.3, -0.25) is 4.79 Å². The van der Waals surface area contributed by atoms with Crippen LogP contribution in [0.4, 0.5) is 0 Å². The van der Waals surface area contributed by atoms with Gasteiger partial charge in [0.15, 0.2) is 0 Å². The molecule has 1 aliphatic heterocycles. The van der Waals surface area contributed by atoms with Crippen molar-refractivity contribution in [3.8, 4) is 0 Å². The first-order chi connectivity index (χ1) is 9.13. The summed E-state index contributed by atoms with van der Waals surface area (Å²) in [5.41, 5.74) is 1.01. The maximum Gasteiger partial charge on any atom is 0.337 e. The molecule has 0 N–H and O–H groups in total. The van der Waals surface area contributed by atoms with E-state index in [-0.39, 0.29) is 11.9 Å². The Kier molecular flexibility index (Phi) is 4.16. The van der Waals surface area contributed by atoms with Crippen LogP contribution < -0.4 is 0 Å². The molecule has 0 spiro atoms. The van der Waals surface area contributed by atoms with Gasteiger partial charge in [-0.1, -0.05) is 0 Å². The van der Waals surface area contributed by atoms with Gasteiger partial charge in [0.2, 0.25) is 0 Å². The Balaban J connectivity index is 2.13. The van der Waals surface area contributed by atoms with E-state index in [1.165, 1.54) is 7.11 Å². The first-order valence-electron chi connectivity index (χ1n) is 6.20. The molecule has 2 rings (SSSR count). The normalized spacial score (nSPS) is 19.1. The smallest absolute Gasteiger partial charge is 0.337 e. The first kappa shape index (κ1) is 13.5. The van der Waals surface area contributed by atoms with Crippen molar-refractivity contribution >= 4 is 11.9 Å². The summed E-state index contributed by atoms with van der Waals surface area (Å²) >= 11 is 0. The molecule has 1 saturated heterocycles. The number of morpholine rings is 1. The largest absolute Gasteiger partial charge is 0.465 e. The average Bonchev–Trinajstić information content (AvgIpc) is 2.46. The van der Waals surface area contributed by atoms with Crippen LogP contribution in [0.3, 0.4) is 0 Å². The van der Waals surface area contributed by atoms with Crippen molar-refractivity contribution in [2.75, 3.05) is 26.9 Å². The topological polar surface area (TPSA) is 55.8 Å². The number of esters is 1. The maximum absolute atomic E-state index is 12.3. The van der Waals surface area contributed by atoms with E-state index in [4.69, 9.17) is 4.74 Å². The molecule has 1 aromatic rings. The molecular formula is C14H17NO4. The van der Waals surface area contributed by atoms with Gasteiger partial charge >= 0.3 is 5.97 Å². The number of hydrogen-bond donors (Lipinski definition) is 0. The lowest BCUT2D eigenvalue weighted by atomic mass is 10.1. The molecule has 0 radical (unpaired) electrons. The highest BCUT2D eigenvalue weighted by Crippen LogP contribution is 2.13. The fraction of sp³-hybridized carbons (Fsp3) is 0.429. The van der Waals surface area contributed by atoms with Crippen molar-refractivity contribution in [1.29, 1.82) is 0 Å².